The predicted molar refractivity (Wildman–Crippen MR) is 107 cm³/mol. The zero-order valence-corrected chi connectivity index (χ0v) is 15.3. The molecule has 3 amide bonds. The zero-order chi connectivity index (χ0) is 19.2. The standard InChI is InChI=1S/C20H17N3O3S/c1-13(24)21-15-5-4-6-16(11-15)22-20(26)17-7-2-3-8-18(17)23-19(25)14-9-10-27-12-14/h2-12H,1H3,(H,21,24)(H,22,26)(H,23,25). The summed E-state index contributed by atoms with van der Waals surface area (Å²) in [5.41, 5.74) is 2.41. The van der Waals surface area contributed by atoms with Crippen molar-refractivity contribution < 1.29 is 14.4 Å². The van der Waals surface area contributed by atoms with E-state index in [1.54, 1.807) is 60.0 Å². The summed E-state index contributed by atoms with van der Waals surface area (Å²) in [5, 5.41) is 11.8. The number of para-hydroxylation sites is 1. The molecule has 0 bridgehead atoms. The minimum atomic E-state index is -0.365. The summed E-state index contributed by atoms with van der Waals surface area (Å²) in [7, 11) is 0. The molecule has 3 N–H and O–H groups in total. The Labute approximate surface area is 160 Å². The van der Waals surface area contributed by atoms with E-state index in [1.165, 1.54) is 18.3 Å². The highest BCUT2D eigenvalue weighted by molar-refractivity contribution is 7.08. The fourth-order valence-electron chi connectivity index (χ4n) is 2.45. The topological polar surface area (TPSA) is 87.3 Å². The summed E-state index contributed by atoms with van der Waals surface area (Å²) in [4.78, 5) is 36.1. The molecule has 27 heavy (non-hydrogen) atoms. The van der Waals surface area contributed by atoms with Crippen LogP contribution >= 0.6 is 11.3 Å². The van der Waals surface area contributed by atoms with Crippen LogP contribution in [-0.2, 0) is 4.79 Å². The van der Waals surface area contributed by atoms with E-state index in [1.807, 2.05) is 5.38 Å². The van der Waals surface area contributed by atoms with Gasteiger partial charge in [0.2, 0.25) is 5.91 Å². The van der Waals surface area contributed by atoms with Gasteiger partial charge in [0.1, 0.15) is 0 Å². The molecule has 0 atom stereocenters. The first-order valence-corrected chi connectivity index (χ1v) is 9.09. The number of nitrogens with one attached hydrogen (secondary N) is 3. The average Bonchev–Trinajstić information content (AvgIpc) is 3.16. The first-order valence-electron chi connectivity index (χ1n) is 8.14. The molecule has 3 aromatic rings. The summed E-state index contributed by atoms with van der Waals surface area (Å²) in [6, 6.07) is 15.3. The molecule has 0 aliphatic heterocycles. The molecule has 3 rings (SSSR count). The molecule has 1 heterocycles. The normalized spacial score (nSPS) is 10.1. The maximum absolute atomic E-state index is 12.7. The van der Waals surface area contributed by atoms with E-state index in [0.717, 1.165) is 0 Å². The maximum Gasteiger partial charge on any atom is 0.257 e. The molecule has 0 fully saturated rings. The fraction of sp³-hybridized carbons (Fsp3) is 0.0500. The van der Waals surface area contributed by atoms with Crippen LogP contribution in [0, 0.1) is 0 Å². The van der Waals surface area contributed by atoms with Crippen molar-refractivity contribution in [3.63, 3.8) is 0 Å². The lowest BCUT2D eigenvalue weighted by Gasteiger charge is -2.12. The van der Waals surface area contributed by atoms with Gasteiger partial charge in [-0.15, -0.1) is 0 Å². The van der Waals surface area contributed by atoms with Gasteiger partial charge >= 0.3 is 0 Å². The van der Waals surface area contributed by atoms with Crippen molar-refractivity contribution in [3.05, 3.63) is 76.5 Å². The highest BCUT2D eigenvalue weighted by Crippen LogP contribution is 2.20. The maximum atomic E-state index is 12.7. The zero-order valence-electron chi connectivity index (χ0n) is 14.5. The van der Waals surface area contributed by atoms with Crippen LogP contribution in [0.4, 0.5) is 17.1 Å². The van der Waals surface area contributed by atoms with Gasteiger partial charge in [-0.25, -0.2) is 0 Å². The molecule has 7 heteroatoms. The molecular formula is C20H17N3O3S. The number of rotatable bonds is 5. The van der Waals surface area contributed by atoms with E-state index in [4.69, 9.17) is 0 Å². The third-order valence-electron chi connectivity index (χ3n) is 3.64. The van der Waals surface area contributed by atoms with Gasteiger partial charge in [0.15, 0.2) is 0 Å². The number of thiophene rings is 1. The quantitative estimate of drug-likeness (QED) is 0.620. The van der Waals surface area contributed by atoms with Crippen LogP contribution in [0.2, 0.25) is 0 Å². The van der Waals surface area contributed by atoms with E-state index in [9.17, 15) is 14.4 Å². The summed E-state index contributed by atoms with van der Waals surface area (Å²) in [6.07, 6.45) is 0. The molecule has 0 unspecified atom stereocenters. The molecule has 2 aromatic carbocycles. The van der Waals surface area contributed by atoms with Crippen LogP contribution in [-0.4, -0.2) is 17.7 Å². The van der Waals surface area contributed by atoms with Crippen LogP contribution in [0.1, 0.15) is 27.6 Å². The summed E-state index contributed by atoms with van der Waals surface area (Å²) < 4.78 is 0. The molecule has 0 saturated heterocycles. The Hall–Kier alpha value is -3.45. The van der Waals surface area contributed by atoms with Gasteiger partial charge in [0, 0.05) is 23.7 Å². The molecule has 0 aliphatic rings. The van der Waals surface area contributed by atoms with E-state index in [2.05, 4.69) is 16.0 Å². The molecule has 6 nitrogen and oxygen atoms in total. The Kier molecular flexibility index (Phi) is 5.63. The Balaban J connectivity index is 1.77. The minimum absolute atomic E-state index is 0.194. The lowest BCUT2D eigenvalue weighted by molar-refractivity contribution is -0.114. The number of carbonyl (C=O) groups is 3. The number of carbonyl (C=O) groups excluding carboxylic acids is 3. The Morgan fingerprint density at radius 1 is 0.815 bits per heavy atom. The van der Waals surface area contributed by atoms with Gasteiger partial charge in [0.05, 0.1) is 16.8 Å². The third-order valence-corrected chi connectivity index (χ3v) is 4.33. The van der Waals surface area contributed by atoms with Crippen molar-refractivity contribution >= 4 is 46.1 Å². The number of amides is 3. The Morgan fingerprint density at radius 2 is 1.56 bits per heavy atom. The number of hydrogen-bond donors (Lipinski definition) is 3. The van der Waals surface area contributed by atoms with Gasteiger partial charge in [-0.3, -0.25) is 14.4 Å². The van der Waals surface area contributed by atoms with Crippen LogP contribution in [0.15, 0.2) is 65.4 Å². The lowest BCUT2D eigenvalue weighted by atomic mass is 10.1. The minimum Gasteiger partial charge on any atom is -0.326 e. The van der Waals surface area contributed by atoms with Crippen molar-refractivity contribution in [1.29, 1.82) is 0 Å². The molecule has 0 spiro atoms. The second-order valence-electron chi connectivity index (χ2n) is 5.73. The van der Waals surface area contributed by atoms with Gasteiger partial charge in [-0.1, -0.05) is 18.2 Å². The van der Waals surface area contributed by atoms with Crippen LogP contribution in [0.3, 0.4) is 0 Å². The second-order valence-corrected chi connectivity index (χ2v) is 6.51. The molecule has 1 aromatic heterocycles. The Morgan fingerprint density at radius 3 is 2.26 bits per heavy atom. The number of benzene rings is 2. The first kappa shape index (κ1) is 18.3. The SMILES string of the molecule is CC(=O)Nc1cccc(NC(=O)c2ccccc2NC(=O)c2ccsc2)c1. The summed E-state index contributed by atoms with van der Waals surface area (Å²) in [5.74, 6) is -0.833. The van der Waals surface area contributed by atoms with Crippen LogP contribution in [0.5, 0.6) is 0 Å². The molecule has 0 saturated carbocycles. The van der Waals surface area contributed by atoms with Crippen LogP contribution < -0.4 is 16.0 Å². The largest absolute Gasteiger partial charge is 0.326 e. The summed E-state index contributed by atoms with van der Waals surface area (Å²) in [6.45, 7) is 1.41. The smallest absolute Gasteiger partial charge is 0.257 e. The highest BCUT2D eigenvalue weighted by atomic mass is 32.1. The number of hydrogen-bond acceptors (Lipinski definition) is 4. The molecule has 0 radical (unpaired) electrons. The molecular weight excluding hydrogens is 362 g/mol. The predicted octanol–water partition coefficient (Wildman–Crippen LogP) is 4.21. The molecule has 0 aliphatic carbocycles. The van der Waals surface area contributed by atoms with Crippen molar-refractivity contribution in [2.24, 2.45) is 0 Å². The summed E-state index contributed by atoms with van der Waals surface area (Å²) >= 11 is 1.43. The van der Waals surface area contributed by atoms with E-state index >= 15 is 0 Å². The van der Waals surface area contributed by atoms with Gasteiger partial charge in [-0.05, 0) is 41.8 Å². The molecule has 136 valence electrons. The van der Waals surface area contributed by atoms with E-state index < -0.39 is 0 Å². The van der Waals surface area contributed by atoms with E-state index in [-0.39, 0.29) is 17.7 Å². The van der Waals surface area contributed by atoms with Crippen molar-refractivity contribution in [2.75, 3.05) is 16.0 Å². The first-order chi connectivity index (χ1) is 13.0. The Bertz CT molecular complexity index is 984. The van der Waals surface area contributed by atoms with Gasteiger partial charge in [0.25, 0.3) is 11.8 Å². The monoisotopic (exact) mass is 379 g/mol. The third kappa shape index (κ3) is 4.80. The van der Waals surface area contributed by atoms with Crippen molar-refractivity contribution in [1.82, 2.24) is 0 Å². The van der Waals surface area contributed by atoms with Crippen molar-refractivity contribution in [2.45, 2.75) is 6.92 Å². The lowest BCUT2D eigenvalue weighted by Crippen LogP contribution is -2.18. The van der Waals surface area contributed by atoms with E-state index in [0.29, 0.717) is 28.2 Å². The fourth-order valence-corrected chi connectivity index (χ4v) is 3.09. The van der Waals surface area contributed by atoms with Crippen molar-refractivity contribution in [3.8, 4) is 0 Å². The van der Waals surface area contributed by atoms with Gasteiger partial charge in [-0.2, -0.15) is 11.3 Å². The average molecular weight is 379 g/mol. The second kappa shape index (κ2) is 8.29. The highest BCUT2D eigenvalue weighted by Gasteiger charge is 2.14. The van der Waals surface area contributed by atoms with Gasteiger partial charge < -0.3 is 16.0 Å². The van der Waals surface area contributed by atoms with Crippen LogP contribution in [0.25, 0.3) is 0 Å². The number of anilines is 3.